The molecule has 2 aliphatic rings. The van der Waals surface area contributed by atoms with Crippen LogP contribution in [0, 0.1) is 5.92 Å². The predicted molar refractivity (Wildman–Crippen MR) is 83.1 cm³/mol. The molecule has 122 valence electrons. The maximum absolute atomic E-state index is 11.9. The van der Waals surface area contributed by atoms with Gasteiger partial charge in [0.25, 0.3) is 5.79 Å². The summed E-state index contributed by atoms with van der Waals surface area (Å²) in [7, 11) is 0. The Morgan fingerprint density at radius 3 is 2.30 bits per heavy atom. The van der Waals surface area contributed by atoms with Crippen LogP contribution in [0.4, 0.5) is 0 Å². The van der Waals surface area contributed by atoms with Gasteiger partial charge in [0.2, 0.25) is 0 Å². The summed E-state index contributed by atoms with van der Waals surface area (Å²) in [4.78, 5) is 23.8. The number of cyclic esters (lactones) is 2. The van der Waals surface area contributed by atoms with Gasteiger partial charge in [-0.2, -0.15) is 0 Å². The van der Waals surface area contributed by atoms with Crippen LogP contribution < -0.4 is 0 Å². The summed E-state index contributed by atoms with van der Waals surface area (Å²) in [5.41, 5.74) is 1.70. The van der Waals surface area contributed by atoms with Gasteiger partial charge in [-0.3, -0.25) is 0 Å². The Hall–Kier alpha value is -2.14. The molecule has 0 atom stereocenters. The van der Waals surface area contributed by atoms with Gasteiger partial charge in [0, 0.05) is 20.5 Å². The zero-order valence-corrected chi connectivity index (χ0v) is 13.3. The second kappa shape index (κ2) is 6.16. The normalized spacial score (nSPS) is 20.0. The number of hydrogen-bond acceptors (Lipinski definition) is 5. The maximum atomic E-state index is 11.9. The highest BCUT2D eigenvalue weighted by atomic mass is 16.7. The molecule has 1 saturated carbocycles. The molecule has 1 saturated heterocycles. The van der Waals surface area contributed by atoms with E-state index in [-0.39, 0.29) is 5.57 Å². The molecule has 2 fully saturated rings. The lowest BCUT2D eigenvalue weighted by Crippen LogP contribution is -2.41. The van der Waals surface area contributed by atoms with Crippen molar-refractivity contribution >= 4 is 18.0 Å². The molecule has 1 aliphatic heterocycles. The third-order valence-corrected chi connectivity index (χ3v) is 3.73. The van der Waals surface area contributed by atoms with Gasteiger partial charge in [0.15, 0.2) is 0 Å². The van der Waals surface area contributed by atoms with Crippen molar-refractivity contribution in [2.75, 3.05) is 6.61 Å². The van der Waals surface area contributed by atoms with Crippen LogP contribution >= 0.6 is 0 Å². The number of rotatable bonds is 5. The molecule has 0 radical (unpaired) electrons. The first-order valence-electron chi connectivity index (χ1n) is 7.78. The van der Waals surface area contributed by atoms with Gasteiger partial charge in [-0.05, 0) is 36.0 Å². The Balaban J connectivity index is 1.64. The average molecular weight is 316 g/mol. The zero-order chi connectivity index (χ0) is 16.4. The summed E-state index contributed by atoms with van der Waals surface area (Å²) in [5, 5.41) is 0. The molecule has 1 aromatic carbocycles. The molecule has 0 bridgehead atoms. The third-order valence-electron chi connectivity index (χ3n) is 3.73. The lowest BCUT2D eigenvalue weighted by Gasteiger charge is -2.29. The number of ether oxygens (including phenoxy) is 3. The van der Waals surface area contributed by atoms with Crippen LogP contribution in [-0.4, -0.2) is 24.3 Å². The van der Waals surface area contributed by atoms with Crippen LogP contribution in [0.3, 0.4) is 0 Å². The summed E-state index contributed by atoms with van der Waals surface area (Å²) in [5.74, 6) is -1.80. The molecule has 3 rings (SSSR count). The van der Waals surface area contributed by atoms with E-state index < -0.39 is 17.7 Å². The smallest absolute Gasteiger partial charge is 0.348 e. The van der Waals surface area contributed by atoms with Gasteiger partial charge in [-0.1, -0.05) is 24.3 Å². The molecule has 1 heterocycles. The van der Waals surface area contributed by atoms with Crippen molar-refractivity contribution < 1.29 is 23.8 Å². The molecule has 1 aromatic rings. The highest BCUT2D eigenvalue weighted by Crippen LogP contribution is 2.29. The fraction of sp³-hybridized carbons (Fsp3) is 0.444. The summed E-state index contributed by atoms with van der Waals surface area (Å²) in [6.07, 6.45) is 4.03. The monoisotopic (exact) mass is 316 g/mol. The van der Waals surface area contributed by atoms with E-state index in [1.165, 1.54) is 32.8 Å². The molecule has 1 aliphatic carbocycles. The van der Waals surface area contributed by atoms with Crippen molar-refractivity contribution in [1.29, 1.82) is 0 Å². The van der Waals surface area contributed by atoms with E-state index in [2.05, 4.69) is 0 Å². The second-order valence-electron chi connectivity index (χ2n) is 6.44. The predicted octanol–water partition coefficient (Wildman–Crippen LogP) is 2.83. The SMILES string of the molecule is CC1(C)OC(=O)C(=Cc2ccc(COCC3CC3)cc2)C(=O)O1. The Morgan fingerprint density at radius 2 is 1.74 bits per heavy atom. The van der Waals surface area contributed by atoms with Crippen molar-refractivity contribution in [2.45, 2.75) is 39.1 Å². The van der Waals surface area contributed by atoms with E-state index >= 15 is 0 Å². The molecule has 0 spiro atoms. The van der Waals surface area contributed by atoms with Crippen LogP contribution in [0.1, 0.15) is 37.8 Å². The lowest BCUT2D eigenvalue weighted by atomic mass is 10.1. The number of hydrogen-bond donors (Lipinski definition) is 0. The van der Waals surface area contributed by atoms with Gasteiger partial charge in [0.1, 0.15) is 5.57 Å². The van der Waals surface area contributed by atoms with Crippen molar-refractivity contribution in [1.82, 2.24) is 0 Å². The molecular formula is C18H20O5. The maximum Gasteiger partial charge on any atom is 0.348 e. The van der Waals surface area contributed by atoms with Gasteiger partial charge in [0.05, 0.1) is 6.61 Å². The van der Waals surface area contributed by atoms with Gasteiger partial charge < -0.3 is 14.2 Å². The first-order chi connectivity index (χ1) is 10.9. The van der Waals surface area contributed by atoms with Crippen LogP contribution in [0.2, 0.25) is 0 Å². The Kier molecular flexibility index (Phi) is 4.22. The number of esters is 2. The van der Waals surface area contributed by atoms with E-state index in [9.17, 15) is 9.59 Å². The molecule has 0 amide bonds. The van der Waals surface area contributed by atoms with Crippen LogP contribution in [0.5, 0.6) is 0 Å². The molecule has 0 N–H and O–H groups in total. The van der Waals surface area contributed by atoms with Gasteiger partial charge >= 0.3 is 11.9 Å². The minimum atomic E-state index is -1.21. The molecule has 23 heavy (non-hydrogen) atoms. The average Bonchev–Trinajstić information content (AvgIpc) is 3.28. The summed E-state index contributed by atoms with van der Waals surface area (Å²) in [6.45, 7) is 4.44. The Bertz CT molecular complexity index is 616. The van der Waals surface area contributed by atoms with Crippen molar-refractivity contribution in [3.8, 4) is 0 Å². The van der Waals surface area contributed by atoms with Gasteiger partial charge in [-0.15, -0.1) is 0 Å². The lowest BCUT2D eigenvalue weighted by molar-refractivity contribution is -0.222. The van der Waals surface area contributed by atoms with E-state index in [4.69, 9.17) is 14.2 Å². The number of carbonyl (C=O) groups is 2. The van der Waals surface area contributed by atoms with Crippen LogP contribution in [0.15, 0.2) is 29.8 Å². The Labute approximate surface area is 135 Å². The molecule has 5 nitrogen and oxygen atoms in total. The summed E-state index contributed by atoms with van der Waals surface area (Å²) < 4.78 is 15.8. The van der Waals surface area contributed by atoms with Crippen molar-refractivity contribution in [2.24, 2.45) is 5.92 Å². The summed E-state index contributed by atoms with van der Waals surface area (Å²) in [6, 6.07) is 7.51. The standard InChI is InChI=1S/C18H20O5/c1-18(2)22-16(19)15(17(20)23-18)9-12-3-5-13(6-4-12)10-21-11-14-7-8-14/h3-6,9,14H,7-8,10-11H2,1-2H3. The molecular weight excluding hydrogens is 296 g/mol. The highest BCUT2D eigenvalue weighted by Gasteiger charge is 2.38. The van der Waals surface area contributed by atoms with Crippen molar-refractivity contribution in [3.05, 3.63) is 41.0 Å². The van der Waals surface area contributed by atoms with Crippen molar-refractivity contribution in [3.63, 3.8) is 0 Å². The summed E-state index contributed by atoms with van der Waals surface area (Å²) >= 11 is 0. The highest BCUT2D eigenvalue weighted by molar-refractivity contribution is 6.18. The largest absolute Gasteiger partial charge is 0.419 e. The first-order valence-corrected chi connectivity index (χ1v) is 7.78. The Morgan fingerprint density at radius 1 is 1.13 bits per heavy atom. The fourth-order valence-electron chi connectivity index (χ4n) is 2.28. The second-order valence-corrected chi connectivity index (χ2v) is 6.44. The molecule has 0 aromatic heterocycles. The van der Waals surface area contributed by atoms with E-state index in [0.717, 1.165) is 23.7 Å². The minimum absolute atomic E-state index is 0.0953. The number of benzene rings is 1. The van der Waals surface area contributed by atoms with E-state index in [1.807, 2.05) is 24.3 Å². The molecule has 0 unspecified atom stereocenters. The van der Waals surface area contributed by atoms with Crippen LogP contribution in [0.25, 0.3) is 6.08 Å². The molecule has 5 heteroatoms. The first kappa shape index (κ1) is 15.7. The zero-order valence-electron chi connectivity index (χ0n) is 13.3. The van der Waals surface area contributed by atoms with Crippen LogP contribution in [-0.2, 0) is 30.4 Å². The number of carbonyl (C=O) groups excluding carboxylic acids is 2. The quantitative estimate of drug-likeness (QED) is 0.475. The van der Waals surface area contributed by atoms with E-state index in [0.29, 0.717) is 6.61 Å². The third kappa shape index (κ3) is 4.20. The topological polar surface area (TPSA) is 61.8 Å². The van der Waals surface area contributed by atoms with E-state index in [1.54, 1.807) is 0 Å². The van der Waals surface area contributed by atoms with Gasteiger partial charge in [-0.25, -0.2) is 9.59 Å². The fourth-order valence-corrected chi connectivity index (χ4v) is 2.28. The minimum Gasteiger partial charge on any atom is -0.419 e.